The largest absolute Gasteiger partial charge is 0.493 e. The fraction of sp³-hybridized carbons (Fsp3) is 0.250. The normalized spacial score (nSPS) is 14.8. The molecule has 0 radical (unpaired) electrons. The molecular formula is C16H18N2O. The number of hydrogen-bond donors (Lipinski definition) is 2. The van der Waals surface area contributed by atoms with Crippen molar-refractivity contribution in [1.29, 1.82) is 0 Å². The third kappa shape index (κ3) is 2.35. The summed E-state index contributed by atoms with van der Waals surface area (Å²) in [5.41, 5.74) is 16.6. The first kappa shape index (κ1) is 12.2. The highest BCUT2D eigenvalue weighted by atomic mass is 16.5. The summed E-state index contributed by atoms with van der Waals surface area (Å²) in [7, 11) is 0. The number of rotatable bonds is 3. The fourth-order valence-electron chi connectivity index (χ4n) is 2.51. The number of fused-ring (bicyclic) bond motifs is 1. The summed E-state index contributed by atoms with van der Waals surface area (Å²) in [4.78, 5) is 0. The van der Waals surface area contributed by atoms with Crippen molar-refractivity contribution < 1.29 is 4.74 Å². The first-order valence-corrected chi connectivity index (χ1v) is 6.58. The van der Waals surface area contributed by atoms with Crippen LogP contribution >= 0.6 is 0 Å². The van der Waals surface area contributed by atoms with Crippen molar-refractivity contribution in [2.75, 3.05) is 6.61 Å². The summed E-state index contributed by atoms with van der Waals surface area (Å²) in [6.07, 6.45) is 0.971. The Labute approximate surface area is 113 Å². The van der Waals surface area contributed by atoms with E-state index < -0.39 is 0 Å². The van der Waals surface area contributed by atoms with Crippen molar-refractivity contribution in [3.63, 3.8) is 0 Å². The van der Waals surface area contributed by atoms with Gasteiger partial charge in [0.05, 0.1) is 12.6 Å². The maximum absolute atomic E-state index is 6.35. The van der Waals surface area contributed by atoms with Gasteiger partial charge in [-0.25, -0.2) is 0 Å². The second kappa shape index (κ2) is 5.03. The number of benzene rings is 2. The van der Waals surface area contributed by atoms with Gasteiger partial charge >= 0.3 is 0 Å². The summed E-state index contributed by atoms with van der Waals surface area (Å²) in [5.74, 6) is 0.992. The highest BCUT2D eigenvalue weighted by Crippen LogP contribution is 2.29. The SMILES string of the molecule is NCc1cccc(C(N)c2ccc3c(c2)CCO3)c1. The van der Waals surface area contributed by atoms with Gasteiger partial charge in [-0.05, 0) is 28.3 Å². The number of nitrogens with two attached hydrogens (primary N) is 2. The first-order valence-electron chi connectivity index (χ1n) is 6.58. The van der Waals surface area contributed by atoms with Crippen LogP contribution in [0.15, 0.2) is 42.5 Å². The molecule has 0 fully saturated rings. The third-order valence-electron chi connectivity index (χ3n) is 3.62. The highest BCUT2D eigenvalue weighted by Gasteiger charge is 2.15. The molecule has 1 aliphatic heterocycles. The molecule has 0 spiro atoms. The van der Waals surface area contributed by atoms with E-state index in [1.807, 2.05) is 30.3 Å². The lowest BCUT2D eigenvalue weighted by Gasteiger charge is -2.14. The topological polar surface area (TPSA) is 61.3 Å². The Morgan fingerprint density at radius 1 is 1.11 bits per heavy atom. The van der Waals surface area contributed by atoms with Crippen molar-refractivity contribution in [2.45, 2.75) is 19.0 Å². The fourth-order valence-corrected chi connectivity index (χ4v) is 2.51. The zero-order valence-electron chi connectivity index (χ0n) is 10.8. The second-order valence-electron chi connectivity index (χ2n) is 4.89. The van der Waals surface area contributed by atoms with Gasteiger partial charge in [-0.2, -0.15) is 0 Å². The van der Waals surface area contributed by atoms with Crippen molar-refractivity contribution in [3.8, 4) is 5.75 Å². The lowest BCUT2D eigenvalue weighted by atomic mass is 9.96. The van der Waals surface area contributed by atoms with Crippen LogP contribution in [0.25, 0.3) is 0 Å². The molecular weight excluding hydrogens is 236 g/mol. The van der Waals surface area contributed by atoms with Gasteiger partial charge in [0.2, 0.25) is 0 Å². The first-order chi connectivity index (χ1) is 9.28. The molecule has 0 amide bonds. The summed E-state index contributed by atoms with van der Waals surface area (Å²) in [6.45, 7) is 1.31. The van der Waals surface area contributed by atoms with E-state index in [0.29, 0.717) is 6.54 Å². The monoisotopic (exact) mass is 254 g/mol. The van der Waals surface area contributed by atoms with Crippen molar-refractivity contribution >= 4 is 0 Å². The summed E-state index contributed by atoms with van der Waals surface area (Å²) in [6, 6.07) is 14.3. The van der Waals surface area contributed by atoms with Crippen LogP contribution in [-0.2, 0) is 13.0 Å². The Balaban J connectivity index is 1.92. The lowest BCUT2D eigenvalue weighted by Crippen LogP contribution is -2.12. The third-order valence-corrected chi connectivity index (χ3v) is 3.62. The number of hydrogen-bond acceptors (Lipinski definition) is 3. The van der Waals surface area contributed by atoms with Crippen molar-refractivity contribution in [2.24, 2.45) is 11.5 Å². The molecule has 2 aromatic rings. The van der Waals surface area contributed by atoms with E-state index in [4.69, 9.17) is 16.2 Å². The van der Waals surface area contributed by atoms with Crippen LogP contribution in [0.2, 0.25) is 0 Å². The zero-order valence-corrected chi connectivity index (χ0v) is 10.8. The van der Waals surface area contributed by atoms with Gasteiger partial charge in [-0.1, -0.05) is 36.4 Å². The molecule has 0 saturated heterocycles. The minimum Gasteiger partial charge on any atom is -0.493 e. The minimum atomic E-state index is -0.114. The van der Waals surface area contributed by atoms with E-state index >= 15 is 0 Å². The minimum absolute atomic E-state index is 0.114. The zero-order chi connectivity index (χ0) is 13.2. The maximum Gasteiger partial charge on any atom is 0.122 e. The van der Waals surface area contributed by atoms with Crippen LogP contribution < -0.4 is 16.2 Å². The van der Waals surface area contributed by atoms with E-state index in [-0.39, 0.29) is 6.04 Å². The molecule has 3 rings (SSSR count). The van der Waals surface area contributed by atoms with E-state index in [1.165, 1.54) is 5.56 Å². The van der Waals surface area contributed by atoms with Crippen LogP contribution in [0, 0.1) is 0 Å². The van der Waals surface area contributed by atoms with Gasteiger partial charge in [0.15, 0.2) is 0 Å². The molecule has 1 atom stereocenters. The van der Waals surface area contributed by atoms with E-state index in [1.54, 1.807) is 0 Å². The average molecular weight is 254 g/mol. The smallest absolute Gasteiger partial charge is 0.122 e. The lowest BCUT2D eigenvalue weighted by molar-refractivity contribution is 0.357. The Morgan fingerprint density at radius 3 is 2.79 bits per heavy atom. The predicted octanol–water partition coefficient (Wildman–Crippen LogP) is 2.13. The van der Waals surface area contributed by atoms with Crippen molar-refractivity contribution in [3.05, 3.63) is 64.7 Å². The maximum atomic E-state index is 6.35. The molecule has 3 heteroatoms. The average Bonchev–Trinajstić information content (AvgIpc) is 2.94. The van der Waals surface area contributed by atoms with E-state index in [9.17, 15) is 0 Å². The molecule has 1 unspecified atom stereocenters. The van der Waals surface area contributed by atoms with E-state index in [0.717, 1.165) is 35.5 Å². The second-order valence-corrected chi connectivity index (χ2v) is 4.89. The Kier molecular flexibility index (Phi) is 3.23. The Hall–Kier alpha value is -1.84. The standard InChI is InChI=1S/C16H18N2O/c17-10-11-2-1-3-13(8-11)16(18)14-4-5-15-12(9-14)6-7-19-15/h1-5,8-9,16H,6-7,10,17-18H2. The molecule has 0 bridgehead atoms. The summed E-state index contributed by atoms with van der Waals surface area (Å²) in [5, 5.41) is 0. The van der Waals surface area contributed by atoms with Crippen LogP contribution in [0.5, 0.6) is 5.75 Å². The number of ether oxygens (including phenoxy) is 1. The molecule has 1 heterocycles. The Morgan fingerprint density at radius 2 is 1.95 bits per heavy atom. The predicted molar refractivity (Wildman–Crippen MR) is 76.0 cm³/mol. The van der Waals surface area contributed by atoms with Crippen LogP contribution in [0.3, 0.4) is 0 Å². The highest BCUT2D eigenvalue weighted by molar-refractivity contribution is 5.43. The van der Waals surface area contributed by atoms with Gasteiger partial charge in [0.1, 0.15) is 5.75 Å². The molecule has 2 aromatic carbocycles. The Bertz CT molecular complexity index is 595. The summed E-state index contributed by atoms with van der Waals surface area (Å²) < 4.78 is 5.52. The van der Waals surface area contributed by atoms with Crippen molar-refractivity contribution in [1.82, 2.24) is 0 Å². The van der Waals surface area contributed by atoms with E-state index in [2.05, 4.69) is 12.1 Å². The molecule has 19 heavy (non-hydrogen) atoms. The van der Waals surface area contributed by atoms with Crippen LogP contribution in [-0.4, -0.2) is 6.61 Å². The molecule has 0 aromatic heterocycles. The summed E-state index contributed by atoms with van der Waals surface area (Å²) >= 11 is 0. The molecule has 0 aliphatic carbocycles. The quantitative estimate of drug-likeness (QED) is 0.882. The van der Waals surface area contributed by atoms with Gasteiger partial charge in [0, 0.05) is 13.0 Å². The van der Waals surface area contributed by atoms with Crippen LogP contribution in [0.4, 0.5) is 0 Å². The van der Waals surface area contributed by atoms with Gasteiger partial charge in [-0.15, -0.1) is 0 Å². The van der Waals surface area contributed by atoms with Crippen LogP contribution in [0.1, 0.15) is 28.3 Å². The van der Waals surface area contributed by atoms with Gasteiger partial charge in [0.25, 0.3) is 0 Å². The molecule has 3 nitrogen and oxygen atoms in total. The molecule has 4 N–H and O–H groups in total. The van der Waals surface area contributed by atoms with Gasteiger partial charge in [-0.3, -0.25) is 0 Å². The molecule has 1 aliphatic rings. The molecule has 98 valence electrons. The van der Waals surface area contributed by atoms with Gasteiger partial charge < -0.3 is 16.2 Å². The molecule has 0 saturated carbocycles.